The minimum atomic E-state index is -0.653. The van der Waals surface area contributed by atoms with E-state index in [1.54, 1.807) is 0 Å². The van der Waals surface area contributed by atoms with Gasteiger partial charge in [0.15, 0.2) is 0 Å². The van der Waals surface area contributed by atoms with Crippen molar-refractivity contribution in [1.82, 2.24) is 5.32 Å². The minimum absolute atomic E-state index is 0.211. The molecule has 0 amide bonds. The van der Waals surface area contributed by atoms with Gasteiger partial charge in [0, 0.05) is 12.1 Å². The first-order chi connectivity index (χ1) is 9.15. The minimum Gasteiger partial charge on any atom is -0.493 e. The average Bonchev–Trinajstić information content (AvgIpc) is 2.39. The zero-order chi connectivity index (χ0) is 13.7. The van der Waals surface area contributed by atoms with Gasteiger partial charge in [-0.3, -0.25) is 10.1 Å². The molecule has 1 aromatic rings. The molecule has 1 saturated heterocycles. The molecule has 104 valence electrons. The van der Waals surface area contributed by atoms with Crippen molar-refractivity contribution in [3.05, 3.63) is 34.1 Å². The predicted octanol–water partition coefficient (Wildman–Crippen LogP) is 2.64. The molecule has 5 nitrogen and oxygen atoms in total. The number of non-ortho nitro benzene ring substituents is 1. The molecule has 0 saturated carbocycles. The number of rotatable bonds is 5. The summed E-state index contributed by atoms with van der Waals surface area (Å²) in [6, 6.07) is 3.73. The lowest BCUT2D eigenvalue weighted by molar-refractivity contribution is -0.385. The van der Waals surface area contributed by atoms with Crippen LogP contribution in [0.1, 0.15) is 25.7 Å². The van der Waals surface area contributed by atoms with E-state index >= 15 is 0 Å². The number of halogens is 1. The molecule has 1 aliphatic heterocycles. The Kier molecular flexibility index (Phi) is 4.68. The second-order valence-corrected chi connectivity index (χ2v) is 4.69. The van der Waals surface area contributed by atoms with Crippen LogP contribution in [0.3, 0.4) is 0 Å². The third kappa shape index (κ3) is 4.17. The molecule has 6 heteroatoms. The first-order valence-corrected chi connectivity index (χ1v) is 6.46. The van der Waals surface area contributed by atoms with Crippen LogP contribution in [-0.2, 0) is 0 Å². The normalized spacial score (nSPS) is 19.1. The van der Waals surface area contributed by atoms with Gasteiger partial charge in [0.2, 0.25) is 0 Å². The highest BCUT2D eigenvalue weighted by atomic mass is 19.1. The van der Waals surface area contributed by atoms with Crippen LogP contribution < -0.4 is 10.1 Å². The van der Waals surface area contributed by atoms with E-state index in [0.717, 1.165) is 25.5 Å². The van der Waals surface area contributed by atoms with Gasteiger partial charge < -0.3 is 10.1 Å². The van der Waals surface area contributed by atoms with Crippen LogP contribution in [-0.4, -0.2) is 24.1 Å². The maximum Gasteiger partial charge on any atom is 0.276 e. The Labute approximate surface area is 110 Å². The number of hydrogen-bond donors (Lipinski definition) is 1. The van der Waals surface area contributed by atoms with Crippen molar-refractivity contribution in [2.24, 2.45) is 0 Å². The number of nitrogens with one attached hydrogen (secondary N) is 1. The largest absolute Gasteiger partial charge is 0.493 e. The van der Waals surface area contributed by atoms with Crippen LogP contribution in [0.15, 0.2) is 18.2 Å². The first kappa shape index (κ1) is 13.7. The quantitative estimate of drug-likeness (QED) is 0.658. The third-order valence-electron chi connectivity index (χ3n) is 3.21. The number of nitro benzene ring substituents is 1. The zero-order valence-electron chi connectivity index (χ0n) is 10.6. The van der Waals surface area contributed by atoms with Crippen molar-refractivity contribution in [2.75, 3.05) is 13.2 Å². The monoisotopic (exact) mass is 268 g/mol. The molecule has 0 spiro atoms. The van der Waals surface area contributed by atoms with Crippen LogP contribution in [0.25, 0.3) is 0 Å². The summed E-state index contributed by atoms with van der Waals surface area (Å²) in [5.74, 6) is -0.442. The number of piperidine rings is 1. The van der Waals surface area contributed by atoms with E-state index in [0.29, 0.717) is 12.6 Å². The van der Waals surface area contributed by atoms with Crippen molar-refractivity contribution >= 4 is 5.69 Å². The van der Waals surface area contributed by atoms with Crippen LogP contribution in [0.2, 0.25) is 0 Å². The van der Waals surface area contributed by atoms with E-state index in [9.17, 15) is 14.5 Å². The molecule has 1 atom stereocenters. The van der Waals surface area contributed by atoms with E-state index in [2.05, 4.69) is 5.32 Å². The highest BCUT2D eigenvalue weighted by Gasteiger charge is 2.13. The van der Waals surface area contributed by atoms with Crippen LogP contribution in [0.5, 0.6) is 5.75 Å². The highest BCUT2D eigenvalue weighted by molar-refractivity contribution is 5.38. The Bertz CT molecular complexity index is 448. The molecule has 1 N–H and O–H groups in total. The molecule has 19 heavy (non-hydrogen) atoms. The van der Waals surface area contributed by atoms with Crippen molar-refractivity contribution in [3.63, 3.8) is 0 Å². The van der Waals surface area contributed by atoms with Gasteiger partial charge >= 0.3 is 0 Å². The highest BCUT2D eigenvalue weighted by Crippen LogP contribution is 2.22. The van der Waals surface area contributed by atoms with Crippen molar-refractivity contribution in [2.45, 2.75) is 31.7 Å². The van der Waals surface area contributed by atoms with Gasteiger partial charge in [-0.2, -0.15) is 0 Å². The van der Waals surface area contributed by atoms with Crippen LogP contribution in [0, 0.1) is 15.9 Å². The summed E-state index contributed by atoms with van der Waals surface area (Å²) in [4.78, 5) is 9.97. The van der Waals surface area contributed by atoms with Crippen LogP contribution >= 0.6 is 0 Å². The fourth-order valence-corrected chi connectivity index (χ4v) is 2.23. The Balaban J connectivity index is 1.86. The summed E-state index contributed by atoms with van der Waals surface area (Å²) in [5, 5.41) is 14.0. The Hall–Kier alpha value is -1.69. The summed E-state index contributed by atoms with van der Waals surface area (Å²) in [6.07, 6.45) is 4.35. The second-order valence-electron chi connectivity index (χ2n) is 4.69. The molecular formula is C13H17FN2O3. The molecule has 1 aliphatic rings. The number of nitrogens with zero attached hydrogens (tertiary/aromatic N) is 1. The third-order valence-corrected chi connectivity index (χ3v) is 3.21. The molecule has 0 bridgehead atoms. The number of hydrogen-bond acceptors (Lipinski definition) is 4. The predicted molar refractivity (Wildman–Crippen MR) is 68.8 cm³/mol. The lowest BCUT2D eigenvalue weighted by Crippen LogP contribution is -2.35. The average molecular weight is 268 g/mol. The van der Waals surface area contributed by atoms with Crippen molar-refractivity contribution in [1.29, 1.82) is 0 Å². The van der Waals surface area contributed by atoms with Gasteiger partial charge in [-0.05, 0) is 25.8 Å². The van der Waals surface area contributed by atoms with E-state index in [1.807, 2.05) is 0 Å². The number of nitro groups is 1. The maximum absolute atomic E-state index is 13.2. The number of ether oxygens (including phenoxy) is 1. The van der Waals surface area contributed by atoms with E-state index in [4.69, 9.17) is 4.74 Å². The molecule has 0 radical (unpaired) electrons. The Morgan fingerprint density at radius 1 is 1.42 bits per heavy atom. The summed E-state index contributed by atoms with van der Waals surface area (Å²) >= 11 is 0. The Morgan fingerprint density at radius 2 is 2.26 bits per heavy atom. The zero-order valence-corrected chi connectivity index (χ0v) is 10.6. The van der Waals surface area contributed by atoms with E-state index in [1.165, 1.54) is 25.0 Å². The van der Waals surface area contributed by atoms with E-state index in [-0.39, 0.29) is 11.4 Å². The van der Waals surface area contributed by atoms with Gasteiger partial charge in [-0.15, -0.1) is 0 Å². The molecule has 0 aliphatic carbocycles. The van der Waals surface area contributed by atoms with Crippen molar-refractivity contribution < 1.29 is 14.1 Å². The Morgan fingerprint density at radius 3 is 2.95 bits per heavy atom. The summed E-state index contributed by atoms with van der Waals surface area (Å²) in [7, 11) is 0. The summed E-state index contributed by atoms with van der Waals surface area (Å²) in [5.41, 5.74) is -0.286. The number of benzene rings is 1. The smallest absolute Gasteiger partial charge is 0.276 e. The SMILES string of the molecule is O=[N+]([O-])c1cc(F)cc(OCCC2CCCCN2)c1. The topological polar surface area (TPSA) is 64.4 Å². The standard InChI is InChI=1S/C13H17FN2O3/c14-10-7-12(16(17)18)9-13(8-10)19-6-4-11-3-1-2-5-15-11/h7-9,11,15H,1-6H2. The fraction of sp³-hybridized carbons (Fsp3) is 0.538. The molecule has 1 aromatic carbocycles. The van der Waals surface area contributed by atoms with Gasteiger partial charge in [0.05, 0.1) is 23.7 Å². The molecular weight excluding hydrogens is 251 g/mol. The molecule has 1 unspecified atom stereocenters. The van der Waals surface area contributed by atoms with E-state index < -0.39 is 10.7 Å². The fourth-order valence-electron chi connectivity index (χ4n) is 2.23. The van der Waals surface area contributed by atoms with Crippen LogP contribution in [0.4, 0.5) is 10.1 Å². The van der Waals surface area contributed by atoms with Gasteiger partial charge in [0.1, 0.15) is 11.6 Å². The summed E-state index contributed by atoms with van der Waals surface area (Å²) in [6.45, 7) is 1.45. The summed E-state index contributed by atoms with van der Waals surface area (Å²) < 4.78 is 18.6. The lowest BCUT2D eigenvalue weighted by Gasteiger charge is -2.23. The maximum atomic E-state index is 13.2. The molecule has 2 rings (SSSR count). The van der Waals surface area contributed by atoms with Gasteiger partial charge in [-0.1, -0.05) is 6.42 Å². The molecule has 1 fully saturated rings. The second kappa shape index (κ2) is 6.47. The molecule has 1 heterocycles. The lowest BCUT2D eigenvalue weighted by atomic mass is 10.0. The van der Waals surface area contributed by atoms with Gasteiger partial charge in [0.25, 0.3) is 5.69 Å². The molecule has 0 aromatic heterocycles. The van der Waals surface area contributed by atoms with Gasteiger partial charge in [-0.25, -0.2) is 4.39 Å². The first-order valence-electron chi connectivity index (χ1n) is 6.46. The van der Waals surface area contributed by atoms with Crippen molar-refractivity contribution in [3.8, 4) is 5.75 Å².